The smallest absolute Gasteiger partial charge is 0.323 e. The minimum atomic E-state index is -0.579. The highest BCUT2D eigenvalue weighted by atomic mass is 16.2. The van der Waals surface area contributed by atoms with E-state index in [4.69, 9.17) is 0 Å². The van der Waals surface area contributed by atoms with E-state index in [-0.39, 0.29) is 17.9 Å². The molecule has 1 saturated heterocycles. The van der Waals surface area contributed by atoms with Crippen molar-refractivity contribution in [3.8, 4) is 0 Å². The molecular weight excluding hydrogens is 204 g/mol. The van der Waals surface area contributed by atoms with Crippen molar-refractivity contribution in [3.05, 3.63) is 0 Å². The van der Waals surface area contributed by atoms with Gasteiger partial charge in [0.25, 0.3) is 5.91 Å². The highest BCUT2D eigenvalue weighted by molar-refractivity contribution is 6.07. The summed E-state index contributed by atoms with van der Waals surface area (Å²) >= 11 is 0. The summed E-state index contributed by atoms with van der Waals surface area (Å²) in [5.74, 6) is 0.270. The first-order valence-corrected chi connectivity index (χ1v) is 6.26. The second-order valence-electron chi connectivity index (χ2n) is 5.01. The molecule has 1 spiro atoms. The van der Waals surface area contributed by atoms with E-state index in [0.717, 1.165) is 25.7 Å². The summed E-state index contributed by atoms with van der Waals surface area (Å²) in [6.07, 6.45) is 4.87. The predicted octanol–water partition coefficient (Wildman–Crippen LogP) is 1.90. The zero-order valence-corrected chi connectivity index (χ0v) is 10.1. The number of amides is 3. The van der Waals surface area contributed by atoms with Crippen LogP contribution in [0.4, 0.5) is 4.79 Å². The minimum Gasteiger partial charge on any atom is -0.323 e. The fraction of sp³-hybridized carbons (Fsp3) is 0.833. The molecule has 0 radical (unpaired) electrons. The van der Waals surface area contributed by atoms with Crippen molar-refractivity contribution >= 4 is 11.9 Å². The average molecular weight is 224 g/mol. The lowest BCUT2D eigenvalue weighted by Crippen LogP contribution is -2.53. The SMILES string of the molecule is CCCN1C(=O)N[C@]2(CCCC[C@@H]2C)C1=O. The van der Waals surface area contributed by atoms with E-state index in [1.165, 1.54) is 11.3 Å². The standard InChI is InChI=1S/C12H20N2O2/c1-3-8-14-10(15)12(13-11(14)16)7-5-4-6-9(12)2/h9H,3-8H2,1-2H3,(H,13,16)/t9-,12-/m0/s1. The molecule has 90 valence electrons. The van der Waals surface area contributed by atoms with E-state index in [9.17, 15) is 9.59 Å². The Morgan fingerprint density at radius 1 is 1.44 bits per heavy atom. The predicted molar refractivity (Wildman–Crippen MR) is 60.9 cm³/mol. The van der Waals surface area contributed by atoms with Gasteiger partial charge in [0.05, 0.1) is 0 Å². The van der Waals surface area contributed by atoms with Crippen LogP contribution in [0, 0.1) is 5.92 Å². The van der Waals surface area contributed by atoms with E-state index < -0.39 is 5.54 Å². The molecule has 0 aromatic carbocycles. The zero-order chi connectivity index (χ0) is 11.8. The van der Waals surface area contributed by atoms with Crippen LogP contribution in [0.3, 0.4) is 0 Å². The van der Waals surface area contributed by atoms with Gasteiger partial charge in [0.15, 0.2) is 0 Å². The van der Waals surface area contributed by atoms with E-state index in [1.54, 1.807) is 0 Å². The van der Waals surface area contributed by atoms with Crippen LogP contribution >= 0.6 is 0 Å². The van der Waals surface area contributed by atoms with Gasteiger partial charge < -0.3 is 5.32 Å². The van der Waals surface area contributed by atoms with Crippen LogP contribution in [0.2, 0.25) is 0 Å². The molecule has 1 aliphatic carbocycles. The van der Waals surface area contributed by atoms with Crippen molar-refractivity contribution in [2.75, 3.05) is 6.54 Å². The van der Waals surface area contributed by atoms with Gasteiger partial charge in [-0.3, -0.25) is 9.69 Å². The molecular formula is C12H20N2O2. The first-order chi connectivity index (χ1) is 7.62. The molecule has 0 aromatic heterocycles. The molecule has 1 heterocycles. The van der Waals surface area contributed by atoms with Crippen LogP contribution in [-0.4, -0.2) is 28.9 Å². The second-order valence-corrected chi connectivity index (χ2v) is 5.01. The Bertz CT molecular complexity index is 316. The largest absolute Gasteiger partial charge is 0.325 e. The Kier molecular flexibility index (Phi) is 2.91. The first kappa shape index (κ1) is 11.4. The van der Waals surface area contributed by atoms with Crippen molar-refractivity contribution in [2.24, 2.45) is 5.92 Å². The average Bonchev–Trinajstić information content (AvgIpc) is 2.49. The summed E-state index contributed by atoms with van der Waals surface area (Å²) in [5, 5.41) is 2.94. The molecule has 1 N–H and O–H groups in total. The Morgan fingerprint density at radius 3 is 2.81 bits per heavy atom. The number of urea groups is 1. The molecule has 2 fully saturated rings. The number of imide groups is 1. The van der Waals surface area contributed by atoms with Crippen molar-refractivity contribution in [1.29, 1.82) is 0 Å². The van der Waals surface area contributed by atoms with Crippen LogP contribution in [0.15, 0.2) is 0 Å². The van der Waals surface area contributed by atoms with Crippen LogP contribution in [0.5, 0.6) is 0 Å². The van der Waals surface area contributed by atoms with Gasteiger partial charge in [-0.05, 0) is 25.2 Å². The summed E-state index contributed by atoms with van der Waals surface area (Å²) in [6, 6.07) is -0.194. The van der Waals surface area contributed by atoms with Crippen molar-refractivity contribution in [1.82, 2.24) is 10.2 Å². The summed E-state index contributed by atoms with van der Waals surface area (Å²) in [7, 11) is 0. The van der Waals surface area contributed by atoms with Gasteiger partial charge in [0.2, 0.25) is 0 Å². The van der Waals surface area contributed by atoms with Gasteiger partial charge >= 0.3 is 6.03 Å². The van der Waals surface area contributed by atoms with Gasteiger partial charge in [-0.1, -0.05) is 26.7 Å². The number of carbonyl (C=O) groups excluding carboxylic acids is 2. The van der Waals surface area contributed by atoms with Crippen molar-refractivity contribution in [2.45, 2.75) is 51.5 Å². The molecule has 1 saturated carbocycles. The Balaban J connectivity index is 2.23. The number of rotatable bonds is 2. The molecule has 0 bridgehead atoms. The van der Waals surface area contributed by atoms with Crippen LogP contribution in [-0.2, 0) is 4.79 Å². The third-order valence-electron chi connectivity index (χ3n) is 3.95. The Labute approximate surface area is 96.4 Å². The van der Waals surface area contributed by atoms with Crippen molar-refractivity contribution < 1.29 is 9.59 Å². The second kappa shape index (κ2) is 4.07. The van der Waals surface area contributed by atoms with Crippen LogP contribution in [0.1, 0.15) is 46.0 Å². The third kappa shape index (κ3) is 1.51. The highest BCUT2D eigenvalue weighted by Gasteiger charge is 2.54. The van der Waals surface area contributed by atoms with Crippen LogP contribution in [0.25, 0.3) is 0 Å². The van der Waals surface area contributed by atoms with Crippen LogP contribution < -0.4 is 5.32 Å². The molecule has 2 rings (SSSR count). The molecule has 4 heteroatoms. The minimum absolute atomic E-state index is 0.00606. The van der Waals surface area contributed by atoms with Gasteiger partial charge in [0.1, 0.15) is 5.54 Å². The van der Waals surface area contributed by atoms with E-state index >= 15 is 0 Å². The third-order valence-corrected chi connectivity index (χ3v) is 3.95. The molecule has 2 aliphatic rings. The van der Waals surface area contributed by atoms with E-state index in [2.05, 4.69) is 12.2 Å². The maximum Gasteiger partial charge on any atom is 0.325 e. The fourth-order valence-electron chi connectivity index (χ4n) is 2.92. The molecule has 3 amide bonds. The Hall–Kier alpha value is -1.06. The van der Waals surface area contributed by atoms with Crippen molar-refractivity contribution in [3.63, 3.8) is 0 Å². The summed E-state index contributed by atoms with van der Waals surface area (Å²) in [4.78, 5) is 25.5. The maximum atomic E-state index is 12.3. The van der Waals surface area contributed by atoms with Gasteiger partial charge in [-0.15, -0.1) is 0 Å². The summed E-state index contributed by atoms with van der Waals surface area (Å²) in [6.45, 7) is 4.60. The summed E-state index contributed by atoms with van der Waals surface area (Å²) < 4.78 is 0. The highest BCUT2D eigenvalue weighted by Crippen LogP contribution is 2.38. The quantitative estimate of drug-likeness (QED) is 0.728. The van der Waals surface area contributed by atoms with E-state index in [1.807, 2.05) is 6.92 Å². The zero-order valence-electron chi connectivity index (χ0n) is 10.1. The number of nitrogens with zero attached hydrogens (tertiary/aromatic N) is 1. The number of nitrogens with one attached hydrogen (secondary N) is 1. The molecule has 2 atom stereocenters. The fourth-order valence-corrected chi connectivity index (χ4v) is 2.92. The number of carbonyl (C=O) groups is 2. The van der Waals surface area contributed by atoms with E-state index in [0.29, 0.717) is 6.54 Å². The summed E-state index contributed by atoms with van der Waals surface area (Å²) in [5.41, 5.74) is -0.579. The van der Waals surface area contributed by atoms with Gasteiger partial charge in [0, 0.05) is 6.54 Å². The lowest BCUT2D eigenvalue weighted by atomic mass is 9.73. The normalized spacial score (nSPS) is 34.6. The molecule has 16 heavy (non-hydrogen) atoms. The van der Waals surface area contributed by atoms with Gasteiger partial charge in [-0.25, -0.2) is 4.79 Å². The lowest BCUT2D eigenvalue weighted by molar-refractivity contribution is -0.134. The van der Waals surface area contributed by atoms with Gasteiger partial charge in [-0.2, -0.15) is 0 Å². The Morgan fingerprint density at radius 2 is 2.19 bits per heavy atom. The lowest BCUT2D eigenvalue weighted by Gasteiger charge is -2.36. The monoisotopic (exact) mass is 224 g/mol. The molecule has 4 nitrogen and oxygen atoms in total. The maximum absolute atomic E-state index is 12.3. The number of hydrogen-bond acceptors (Lipinski definition) is 2. The topological polar surface area (TPSA) is 49.4 Å². The molecule has 0 unspecified atom stereocenters. The molecule has 1 aliphatic heterocycles. The first-order valence-electron chi connectivity index (χ1n) is 6.26. The molecule has 0 aromatic rings. The number of hydrogen-bond donors (Lipinski definition) is 1.